The van der Waals surface area contributed by atoms with Crippen LogP contribution >= 0.6 is 0 Å². The van der Waals surface area contributed by atoms with Crippen molar-refractivity contribution in [2.45, 2.75) is 121 Å². The van der Waals surface area contributed by atoms with Crippen LogP contribution < -0.4 is 4.74 Å². The zero-order valence-electron chi connectivity index (χ0n) is 34.8. The molecule has 0 bridgehead atoms. The molecule has 53 heavy (non-hydrogen) atoms. The Hall–Kier alpha value is -3.27. The third kappa shape index (κ3) is 7.18. The van der Waals surface area contributed by atoms with Gasteiger partial charge in [0.15, 0.2) is 5.78 Å². The number of aromatic nitrogens is 1. The van der Waals surface area contributed by atoms with Crippen LogP contribution in [-0.4, -0.2) is 15.9 Å². The zero-order valence-corrected chi connectivity index (χ0v) is 37.2. The standard InChI is InChI=1S/C29H26NO.C19H36O2.Ir/c1-16-13-17(2)25-18(3)15-22(30-23(25)14-16)19-10-8-11-21-26(19)29(4,5)27-20-9-6-7-12-24(20)31-28(21)27;1-12(2)18(9,13(3)4)16(20)11-17(21)19(10,14(5)6)15(7)8;/h6-9,11-15,27-28H,1-5H3;11-15,20H,1-10H3;/q-1;;/b;16-11-;. The van der Waals surface area contributed by atoms with Crippen molar-refractivity contribution in [3.63, 3.8) is 0 Å². The summed E-state index contributed by atoms with van der Waals surface area (Å²) in [6, 6.07) is 23.0. The van der Waals surface area contributed by atoms with Gasteiger partial charge in [0.25, 0.3) is 0 Å². The van der Waals surface area contributed by atoms with E-state index in [1.165, 1.54) is 44.8 Å². The predicted octanol–water partition coefficient (Wildman–Crippen LogP) is 12.8. The predicted molar refractivity (Wildman–Crippen MR) is 217 cm³/mol. The first kappa shape index (κ1) is 42.5. The number of allylic oxidation sites excluding steroid dienone is 2. The van der Waals surface area contributed by atoms with Crippen LogP contribution in [0.4, 0.5) is 0 Å². The van der Waals surface area contributed by atoms with Gasteiger partial charge in [0.1, 0.15) is 17.6 Å². The Morgan fingerprint density at radius 2 is 1.42 bits per heavy atom. The third-order valence-electron chi connectivity index (χ3n) is 13.4. The fraction of sp³-hybridized carbons (Fsp3) is 0.500. The third-order valence-corrected chi connectivity index (χ3v) is 13.4. The first-order valence-corrected chi connectivity index (χ1v) is 19.3. The van der Waals surface area contributed by atoms with Crippen molar-refractivity contribution in [3.8, 4) is 17.0 Å². The van der Waals surface area contributed by atoms with Crippen molar-refractivity contribution in [2.24, 2.45) is 34.5 Å². The van der Waals surface area contributed by atoms with Crippen LogP contribution in [0.15, 0.2) is 66.4 Å². The number of carbonyl (C=O) groups excluding carboxylic acids is 1. The van der Waals surface area contributed by atoms with Crippen LogP contribution in [0.3, 0.4) is 0 Å². The normalized spacial score (nSPS) is 17.7. The molecule has 5 heteroatoms. The van der Waals surface area contributed by atoms with E-state index in [2.05, 4.69) is 145 Å². The summed E-state index contributed by atoms with van der Waals surface area (Å²) in [5.74, 6) is 2.60. The number of aliphatic hydroxyl groups excluding tert-OH is 1. The fourth-order valence-electron chi connectivity index (χ4n) is 9.07. The average molecular weight is 893 g/mol. The molecular weight excluding hydrogens is 831 g/mol. The van der Waals surface area contributed by atoms with Gasteiger partial charge in [0.2, 0.25) is 0 Å². The van der Waals surface area contributed by atoms with E-state index in [1.807, 2.05) is 19.9 Å². The number of ether oxygens (including phenoxy) is 1. The molecule has 0 saturated carbocycles. The van der Waals surface area contributed by atoms with E-state index in [4.69, 9.17) is 9.72 Å². The van der Waals surface area contributed by atoms with E-state index in [0.717, 1.165) is 22.5 Å². The van der Waals surface area contributed by atoms with Crippen LogP contribution in [0.25, 0.3) is 22.2 Å². The van der Waals surface area contributed by atoms with Gasteiger partial charge < -0.3 is 9.84 Å². The number of aliphatic hydroxyl groups is 1. The van der Waals surface area contributed by atoms with Gasteiger partial charge in [-0.3, -0.25) is 9.78 Å². The number of nitrogens with zero attached hydrogens (tertiary/aromatic N) is 1. The maximum atomic E-state index is 12.8. The van der Waals surface area contributed by atoms with E-state index in [9.17, 15) is 9.90 Å². The number of hydrogen-bond donors (Lipinski definition) is 1. The quantitative estimate of drug-likeness (QED) is 0.109. The number of pyridine rings is 1. The Bertz CT molecular complexity index is 2000. The van der Waals surface area contributed by atoms with Crippen LogP contribution in [-0.2, 0) is 30.3 Å². The molecule has 3 aromatic carbocycles. The van der Waals surface area contributed by atoms with E-state index in [-0.39, 0.29) is 72.3 Å². The largest absolute Gasteiger partial charge is 0.512 e. The first-order chi connectivity index (χ1) is 24.2. The van der Waals surface area contributed by atoms with Gasteiger partial charge in [0, 0.05) is 53.9 Å². The molecule has 1 aliphatic carbocycles. The van der Waals surface area contributed by atoms with Gasteiger partial charge in [-0.05, 0) is 84.4 Å². The van der Waals surface area contributed by atoms with E-state index >= 15 is 0 Å². The Morgan fingerprint density at radius 3 is 2.00 bits per heavy atom. The summed E-state index contributed by atoms with van der Waals surface area (Å²) < 4.78 is 6.47. The van der Waals surface area contributed by atoms with Gasteiger partial charge in [-0.2, -0.15) is 0 Å². The molecular formula is C48H62IrNO3-. The Balaban J connectivity index is 0.000000253. The van der Waals surface area contributed by atoms with Crippen molar-refractivity contribution in [1.82, 2.24) is 4.98 Å². The van der Waals surface area contributed by atoms with Crippen molar-refractivity contribution in [1.29, 1.82) is 0 Å². The van der Waals surface area contributed by atoms with Crippen molar-refractivity contribution < 1.29 is 34.7 Å². The molecule has 0 spiro atoms. The molecule has 2 heterocycles. The van der Waals surface area contributed by atoms with Gasteiger partial charge >= 0.3 is 0 Å². The summed E-state index contributed by atoms with van der Waals surface area (Å²) in [6.45, 7) is 32.0. The number of carbonyl (C=O) groups is 1. The molecule has 4 aromatic rings. The van der Waals surface area contributed by atoms with Crippen molar-refractivity contribution >= 4 is 16.7 Å². The monoisotopic (exact) mass is 893 g/mol. The minimum Gasteiger partial charge on any atom is -0.512 e. The molecule has 2 unspecified atom stereocenters. The smallest absolute Gasteiger partial charge is 0.165 e. The molecule has 2 atom stereocenters. The molecule has 1 radical (unpaired) electrons. The van der Waals surface area contributed by atoms with Crippen molar-refractivity contribution in [3.05, 3.63) is 106 Å². The van der Waals surface area contributed by atoms with Gasteiger partial charge in [-0.15, -0.1) is 29.3 Å². The maximum absolute atomic E-state index is 12.8. The van der Waals surface area contributed by atoms with Gasteiger partial charge in [-0.25, -0.2) is 0 Å². The van der Waals surface area contributed by atoms with Crippen molar-refractivity contribution in [2.75, 3.05) is 0 Å². The van der Waals surface area contributed by atoms with Gasteiger partial charge in [-0.1, -0.05) is 119 Å². The number of fused-ring (bicyclic) bond motifs is 6. The molecule has 1 N–H and O–H groups in total. The molecule has 0 amide bonds. The van der Waals surface area contributed by atoms with E-state index in [1.54, 1.807) is 0 Å². The fourth-order valence-corrected chi connectivity index (χ4v) is 9.07. The first-order valence-electron chi connectivity index (χ1n) is 19.3. The molecule has 4 nitrogen and oxygen atoms in total. The average Bonchev–Trinajstić information content (AvgIpc) is 3.56. The minimum absolute atomic E-state index is 0. The zero-order chi connectivity index (χ0) is 38.7. The van der Waals surface area contributed by atoms with Crippen LogP contribution in [0.5, 0.6) is 5.75 Å². The summed E-state index contributed by atoms with van der Waals surface area (Å²) in [7, 11) is 0. The number of aryl methyl sites for hydroxylation is 3. The van der Waals surface area contributed by atoms with E-state index in [0.29, 0.717) is 5.92 Å². The Morgan fingerprint density at radius 1 is 0.849 bits per heavy atom. The number of ketones is 1. The molecule has 0 fully saturated rings. The Labute approximate surface area is 333 Å². The SMILES string of the molecule is CC(C)C(C)(C(=O)/C=C(\O)C(C)(C(C)C)C(C)C)C(C)C.Cc1cc(C)c2c(C)cc(-c3[c-]ccc4c3C(C)(C)C3c5ccccc5OC43)nc2c1.[Ir]. The van der Waals surface area contributed by atoms with Gasteiger partial charge in [0.05, 0.1) is 5.52 Å². The van der Waals surface area contributed by atoms with Crippen LogP contribution in [0, 0.1) is 61.3 Å². The molecule has 1 aliphatic heterocycles. The number of benzene rings is 3. The minimum atomic E-state index is -0.442. The maximum Gasteiger partial charge on any atom is 0.165 e. The summed E-state index contributed by atoms with van der Waals surface area (Å²) in [4.78, 5) is 18.0. The number of hydrogen-bond acceptors (Lipinski definition) is 4. The second kappa shape index (κ2) is 15.5. The topological polar surface area (TPSA) is 59.4 Å². The molecule has 6 rings (SSSR count). The molecule has 2 aliphatic rings. The summed E-state index contributed by atoms with van der Waals surface area (Å²) >= 11 is 0. The Kier molecular flexibility index (Phi) is 12.4. The second-order valence-electron chi connectivity index (χ2n) is 17.8. The number of para-hydroxylation sites is 1. The van der Waals surface area contributed by atoms with Crippen LogP contribution in [0.2, 0.25) is 0 Å². The molecule has 1 aromatic heterocycles. The van der Waals surface area contributed by atoms with E-state index < -0.39 is 5.41 Å². The van der Waals surface area contributed by atoms with Crippen LogP contribution in [0.1, 0.15) is 128 Å². The summed E-state index contributed by atoms with van der Waals surface area (Å²) in [5.41, 5.74) is 10.0. The summed E-state index contributed by atoms with van der Waals surface area (Å²) in [5, 5.41) is 11.9. The summed E-state index contributed by atoms with van der Waals surface area (Å²) in [6.07, 6.45) is 1.56. The second-order valence-corrected chi connectivity index (χ2v) is 17.8. The number of rotatable bonds is 8. The molecule has 0 saturated heterocycles. The molecule has 287 valence electrons.